The van der Waals surface area contributed by atoms with Gasteiger partial charge in [0.15, 0.2) is 0 Å². The second-order valence-electron chi connectivity index (χ2n) is 6.53. The summed E-state index contributed by atoms with van der Waals surface area (Å²) in [5, 5.41) is 3.77. The Kier molecular flexibility index (Phi) is 5.00. The van der Waals surface area contributed by atoms with Crippen molar-refractivity contribution >= 4 is 43.9 Å². The monoisotopic (exact) mass is 439 g/mol. The highest BCUT2D eigenvalue weighted by atomic mass is 79.9. The van der Waals surface area contributed by atoms with E-state index in [0.717, 1.165) is 21.8 Å². The predicted octanol–water partition coefficient (Wildman–Crippen LogP) is 4.17. The van der Waals surface area contributed by atoms with Crippen molar-refractivity contribution in [2.75, 3.05) is 0 Å². The lowest BCUT2D eigenvalue weighted by Gasteiger charge is -2.18. The first-order valence-corrected chi connectivity index (χ1v) is 9.77. The number of hydrogen-bond donors (Lipinski definition) is 1. The van der Waals surface area contributed by atoms with Crippen molar-refractivity contribution in [1.82, 2.24) is 14.9 Å². The van der Waals surface area contributed by atoms with Crippen LogP contribution in [-0.4, -0.2) is 15.5 Å². The van der Waals surface area contributed by atoms with Gasteiger partial charge in [0.25, 0.3) is 5.56 Å². The molecule has 0 radical (unpaired) electrons. The molecule has 2 aromatic carbocycles. The zero-order valence-electron chi connectivity index (χ0n) is 15.2. The van der Waals surface area contributed by atoms with Crippen LogP contribution in [0.15, 0.2) is 68.5 Å². The molecule has 2 aromatic heterocycles. The smallest absolute Gasteiger partial charge is 0.297 e. The molecular weight excluding hydrogens is 422 g/mol. The molecular formula is C21H18BrN3O3. The average molecular weight is 440 g/mol. The summed E-state index contributed by atoms with van der Waals surface area (Å²) in [5.74, 6) is -0.255. The van der Waals surface area contributed by atoms with Gasteiger partial charge in [0, 0.05) is 9.86 Å². The molecule has 0 aliphatic heterocycles. The number of amides is 1. The molecule has 6 nitrogen and oxygen atoms in total. The van der Waals surface area contributed by atoms with Crippen LogP contribution in [0.3, 0.4) is 0 Å². The quantitative estimate of drug-likeness (QED) is 0.506. The summed E-state index contributed by atoms with van der Waals surface area (Å²) in [7, 11) is 0. The number of nitrogens with one attached hydrogen (secondary N) is 1. The molecule has 0 bridgehead atoms. The summed E-state index contributed by atoms with van der Waals surface area (Å²) in [6, 6.07) is 15.0. The predicted molar refractivity (Wildman–Crippen MR) is 111 cm³/mol. The fourth-order valence-corrected chi connectivity index (χ4v) is 3.50. The Morgan fingerprint density at radius 3 is 2.71 bits per heavy atom. The van der Waals surface area contributed by atoms with E-state index in [-0.39, 0.29) is 29.6 Å². The van der Waals surface area contributed by atoms with Gasteiger partial charge in [-0.2, -0.15) is 0 Å². The van der Waals surface area contributed by atoms with Gasteiger partial charge in [0.1, 0.15) is 17.6 Å². The van der Waals surface area contributed by atoms with Gasteiger partial charge in [-0.1, -0.05) is 47.1 Å². The second kappa shape index (κ2) is 7.59. The minimum Gasteiger partial charge on any atom is -0.448 e. The molecule has 142 valence electrons. The molecule has 0 fully saturated rings. The average Bonchev–Trinajstić information content (AvgIpc) is 3.09. The molecule has 0 saturated carbocycles. The second-order valence-corrected chi connectivity index (χ2v) is 7.45. The van der Waals surface area contributed by atoms with Crippen molar-refractivity contribution in [1.29, 1.82) is 0 Å². The van der Waals surface area contributed by atoms with Crippen LogP contribution < -0.4 is 10.9 Å². The highest BCUT2D eigenvalue weighted by molar-refractivity contribution is 9.10. The van der Waals surface area contributed by atoms with Crippen molar-refractivity contribution in [3.8, 4) is 0 Å². The fraction of sp³-hybridized carbons (Fsp3) is 0.190. The summed E-state index contributed by atoms with van der Waals surface area (Å²) in [5.41, 5.74) is 1.92. The summed E-state index contributed by atoms with van der Waals surface area (Å²) in [4.78, 5) is 29.6. The number of hydrogen-bond acceptors (Lipinski definition) is 4. The standard InChI is InChI=1S/C21H18BrN3O3/c1-2-16(13-7-9-14(22)10-8-13)24-18(26)11-25-12-23-19-15-5-3-4-6-17(15)28-20(19)21(25)27/h3-10,12,16H,2,11H2,1H3,(H,24,26). The van der Waals surface area contributed by atoms with Crippen molar-refractivity contribution in [2.45, 2.75) is 25.9 Å². The molecule has 1 N–H and O–H groups in total. The molecule has 1 unspecified atom stereocenters. The Morgan fingerprint density at radius 1 is 1.21 bits per heavy atom. The maximum absolute atomic E-state index is 12.7. The Hall–Kier alpha value is -2.93. The number of halogens is 1. The molecule has 0 saturated heterocycles. The third-order valence-corrected chi connectivity index (χ3v) is 5.21. The molecule has 2 heterocycles. The number of rotatable bonds is 5. The third kappa shape index (κ3) is 3.45. The first-order chi connectivity index (χ1) is 13.6. The molecule has 7 heteroatoms. The molecule has 1 amide bonds. The summed E-state index contributed by atoms with van der Waals surface area (Å²) >= 11 is 3.41. The van der Waals surface area contributed by atoms with Gasteiger partial charge in [-0.25, -0.2) is 4.98 Å². The highest BCUT2D eigenvalue weighted by Crippen LogP contribution is 2.24. The summed E-state index contributed by atoms with van der Waals surface area (Å²) in [6.07, 6.45) is 2.13. The summed E-state index contributed by atoms with van der Waals surface area (Å²) in [6.45, 7) is 1.88. The van der Waals surface area contributed by atoms with E-state index in [1.807, 2.05) is 49.4 Å². The number of carbonyl (C=O) groups is 1. The number of nitrogens with zero attached hydrogens (tertiary/aromatic N) is 2. The van der Waals surface area contributed by atoms with Gasteiger partial charge in [0.05, 0.1) is 12.4 Å². The van der Waals surface area contributed by atoms with E-state index in [1.165, 1.54) is 10.9 Å². The van der Waals surface area contributed by atoms with E-state index in [2.05, 4.69) is 26.2 Å². The summed E-state index contributed by atoms with van der Waals surface area (Å²) < 4.78 is 7.91. The number of carbonyl (C=O) groups excluding carboxylic acids is 1. The van der Waals surface area contributed by atoms with Crippen LogP contribution in [0, 0.1) is 0 Å². The van der Waals surface area contributed by atoms with Crippen LogP contribution in [0.5, 0.6) is 0 Å². The zero-order chi connectivity index (χ0) is 19.7. The first-order valence-electron chi connectivity index (χ1n) is 8.98. The molecule has 28 heavy (non-hydrogen) atoms. The number of benzene rings is 2. The van der Waals surface area contributed by atoms with Gasteiger partial charge in [0.2, 0.25) is 11.5 Å². The van der Waals surface area contributed by atoms with Crippen LogP contribution in [0.4, 0.5) is 0 Å². The topological polar surface area (TPSA) is 77.1 Å². The Bertz CT molecular complexity index is 1210. The SMILES string of the molecule is CCC(NC(=O)Cn1cnc2c(oc3ccccc32)c1=O)c1ccc(Br)cc1. The van der Waals surface area contributed by atoms with Gasteiger partial charge in [-0.3, -0.25) is 14.2 Å². The number of fused-ring (bicyclic) bond motifs is 3. The highest BCUT2D eigenvalue weighted by Gasteiger charge is 2.17. The lowest BCUT2D eigenvalue weighted by molar-refractivity contribution is -0.122. The van der Waals surface area contributed by atoms with E-state index >= 15 is 0 Å². The Balaban J connectivity index is 1.58. The van der Waals surface area contributed by atoms with Gasteiger partial charge in [-0.15, -0.1) is 0 Å². The first kappa shape index (κ1) is 18.4. The maximum atomic E-state index is 12.7. The molecule has 4 rings (SSSR count). The van der Waals surface area contributed by atoms with E-state index in [1.54, 1.807) is 6.07 Å². The van der Waals surface area contributed by atoms with Crippen molar-refractivity contribution in [3.63, 3.8) is 0 Å². The van der Waals surface area contributed by atoms with Gasteiger partial charge in [-0.05, 0) is 36.2 Å². The van der Waals surface area contributed by atoms with Crippen LogP contribution >= 0.6 is 15.9 Å². The van der Waals surface area contributed by atoms with E-state index in [4.69, 9.17) is 4.42 Å². The molecule has 0 aliphatic rings. The Labute approximate surface area is 169 Å². The van der Waals surface area contributed by atoms with Crippen LogP contribution in [0.1, 0.15) is 24.9 Å². The minimum atomic E-state index is -0.368. The zero-order valence-corrected chi connectivity index (χ0v) is 16.8. The minimum absolute atomic E-state index is 0.119. The number of para-hydroxylation sites is 1. The van der Waals surface area contributed by atoms with Crippen molar-refractivity contribution in [2.24, 2.45) is 0 Å². The van der Waals surface area contributed by atoms with Gasteiger partial charge >= 0.3 is 0 Å². The normalized spacial score (nSPS) is 12.4. The van der Waals surface area contributed by atoms with Gasteiger partial charge < -0.3 is 9.73 Å². The van der Waals surface area contributed by atoms with E-state index in [0.29, 0.717) is 11.1 Å². The number of aromatic nitrogens is 2. The lowest BCUT2D eigenvalue weighted by Crippen LogP contribution is -2.34. The van der Waals surface area contributed by atoms with Crippen molar-refractivity contribution < 1.29 is 9.21 Å². The maximum Gasteiger partial charge on any atom is 0.297 e. The van der Waals surface area contributed by atoms with Crippen molar-refractivity contribution in [3.05, 3.63) is 75.2 Å². The van der Waals surface area contributed by atoms with E-state index < -0.39 is 0 Å². The molecule has 4 aromatic rings. The molecule has 0 aliphatic carbocycles. The number of furan rings is 1. The van der Waals surface area contributed by atoms with Crippen LogP contribution in [-0.2, 0) is 11.3 Å². The van der Waals surface area contributed by atoms with Crippen LogP contribution in [0.25, 0.3) is 22.1 Å². The Morgan fingerprint density at radius 2 is 1.96 bits per heavy atom. The molecule has 0 spiro atoms. The third-order valence-electron chi connectivity index (χ3n) is 4.68. The van der Waals surface area contributed by atoms with Crippen LogP contribution in [0.2, 0.25) is 0 Å². The molecule has 1 atom stereocenters. The fourth-order valence-electron chi connectivity index (χ4n) is 3.24. The lowest BCUT2D eigenvalue weighted by atomic mass is 10.0. The van der Waals surface area contributed by atoms with E-state index in [9.17, 15) is 9.59 Å². The largest absolute Gasteiger partial charge is 0.448 e.